The Morgan fingerprint density at radius 3 is 2.50 bits per heavy atom. The maximum Gasteiger partial charge on any atom is 0.128 e. The lowest BCUT2D eigenvalue weighted by Gasteiger charge is -2.15. The van der Waals surface area contributed by atoms with Gasteiger partial charge in [0.05, 0.1) is 12.7 Å². The van der Waals surface area contributed by atoms with Gasteiger partial charge >= 0.3 is 0 Å². The lowest BCUT2D eigenvalue weighted by molar-refractivity contribution is 0.0950. The summed E-state index contributed by atoms with van der Waals surface area (Å²) in [4.78, 5) is 0. The minimum atomic E-state index is -1.01. The van der Waals surface area contributed by atoms with Crippen molar-refractivity contribution < 1.29 is 19.3 Å². The van der Waals surface area contributed by atoms with Crippen LogP contribution >= 0.6 is 0 Å². The maximum absolute atomic E-state index is 14.3. The Bertz CT molecular complexity index is 818. The minimum Gasteiger partial charge on any atom is -0.488 e. The summed E-state index contributed by atoms with van der Waals surface area (Å²) in [5.74, 6) is 0.154. The number of hydrogen-bond acceptors (Lipinski definition) is 3. The molecule has 0 aliphatic heterocycles. The van der Waals surface area contributed by atoms with E-state index in [0.29, 0.717) is 23.3 Å². The third-order valence-electron chi connectivity index (χ3n) is 3.95. The third kappa shape index (κ3) is 3.55. The molecule has 0 aliphatic rings. The van der Waals surface area contributed by atoms with E-state index in [1.165, 1.54) is 6.07 Å². The number of halogens is 1. The average molecular weight is 326 g/mol. The van der Waals surface area contributed by atoms with Gasteiger partial charge in [-0.2, -0.15) is 0 Å². The first-order chi connectivity index (χ1) is 11.7. The fourth-order valence-electron chi connectivity index (χ4n) is 2.75. The van der Waals surface area contributed by atoms with Crippen LogP contribution in [0.3, 0.4) is 0 Å². The predicted octanol–water partition coefficient (Wildman–Crippen LogP) is 3.45. The second-order valence-corrected chi connectivity index (χ2v) is 5.69. The van der Waals surface area contributed by atoms with Crippen LogP contribution in [0.4, 0.5) is 4.39 Å². The summed E-state index contributed by atoms with van der Waals surface area (Å²) in [6, 6.07) is 18.3. The van der Waals surface area contributed by atoms with E-state index < -0.39 is 18.5 Å². The SMILES string of the molecule is OCC(O)Cc1c(F)ccc2cccc(OCc3ccccc3)c12. The van der Waals surface area contributed by atoms with Gasteiger partial charge in [-0.15, -0.1) is 0 Å². The summed E-state index contributed by atoms with van der Waals surface area (Å²) in [7, 11) is 0. The molecule has 2 N–H and O–H groups in total. The van der Waals surface area contributed by atoms with Crippen molar-refractivity contribution in [3.8, 4) is 5.75 Å². The first-order valence-corrected chi connectivity index (χ1v) is 7.85. The molecule has 0 amide bonds. The molecule has 0 heterocycles. The molecule has 0 spiro atoms. The summed E-state index contributed by atoms with van der Waals surface area (Å²) < 4.78 is 20.2. The Morgan fingerprint density at radius 2 is 1.75 bits per heavy atom. The zero-order valence-corrected chi connectivity index (χ0v) is 13.2. The number of fused-ring (bicyclic) bond motifs is 1. The Hall–Kier alpha value is -2.43. The van der Waals surface area contributed by atoms with Crippen molar-refractivity contribution in [1.29, 1.82) is 0 Å². The van der Waals surface area contributed by atoms with Gasteiger partial charge in [0.15, 0.2) is 0 Å². The standard InChI is InChI=1S/C20H19FO3/c21-18-10-9-15-7-4-8-19(20(15)17(18)11-16(23)12-22)24-13-14-5-2-1-3-6-14/h1-10,16,22-23H,11-13H2. The van der Waals surface area contributed by atoms with Crippen molar-refractivity contribution >= 4 is 10.8 Å². The summed E-state index contributed by atoms with van der Waals surface area (Å²) in [5, 5.41) is 20.3. The molecule has 3 rings (SSSR count). The molecule has 0 saturated heterocycles. The van der Waals surface area contributed by atoms with Crippen molar-refractivity contribution in [1.82, 2.24) is 0 Å². The topological polar surface area (TPSA) is 49.7 Å². The smallest absolute Gasteiger partial charge is 0.128 e. The van der Waals surface area contributed by atoms with Crippen molar-refractivity contribution in [2.75, 3.05) is 6.61 Å². The first-order valence-electron chi connectivity index (χ1n) is 7.85. The largest absolute Gasteiger partial charge is 0.488 e. The molecule has 0 aromatic heterocycles. The molecule has 1 unspecified atom stereocenters. The van der Waals surface area contributed by atoms with Gasteiger partial charge in [-0.1, -0.05) is 48.5 Å². The minimum absolute atomic E-state index is 0.0331. The molecular weight excluding hydrogens is 307 g/mol. The van der Waals surface area contributed by atoms with Crippen molar-refractivity contribution in [3.63, 3.8) is 0 Å². The molecular formula is C20H19FO3. The van der Waals surface area contributed by atoms with Gasteiger partial charge in [-0.05, 0) is 23.1 Å². The lowest BCUT2D eigenvalue weighted by atomic mass is 9.98. The highest BCUT2D eigenvalue weighted by molar-refractivity contribution is 5.91. The zero-order chi connectivity index (χ0) is 16.9. The zero-order valence-electron chi connectivity index (χ0n) is 13.2. The molecule has 124 valence electrons. The van der Waals surface area contributed by atoms with Crippen molar-refractivity contribution in [2.24, 2.45) is 0 Å². The molecule has 4 heteroatoms. The predicted molar refractivity (Wildman–Crippen MR) is 91.5 cm³/mol. The van der Waals surface area contributed by atoms with Gasteiger partial charge in [0.2, 0.25) is 0 Å². The summed E-state index contributed by atoms with van der Waals surface area (Å²) in [6.07, 6.45) is -0.974. The highest BCUT2D eigenvalue weighted by Crippen LogP contribution is 2.32. The van der Waals surface area contributed by atoms with E-state index in [2.05, 4.69) is 0 Å². The third-order valence-corrected chi connectivity index (χ3v) is 3.95. The Kier molecular flexibility index (Phi) is 5.08. The molecule has 0 radical (unpaired) electrons. The van der Waals surface area contributed by atoms with Crippen LogP contribution in [0.5, 0.6) is 5.75 Å². The Labute approximate surface area is 139 Å². The number of ether oxygens (including phenoxy) is 1. The summed E-state index contributed by atoms with van der Waals surface area (Å²) in [6.45, 7) is -0.0403. The molecule has 3 aromatic rings. The van der Waals surface area contributed by atoms with Gasteiger partial charge in [0.1, 0.15) is 18.2 Å². The van der Waals surface area contributed by atoms with Crippen molar-refractivity contribution in [3.05, 3.63) is 77.6 Å². The first kappa shape index (κ1) is 16.4. The Balaban J connectivity index is 1.99. The van der Waals surface area contributed by atoms with Crippen LogP contribution in [-0.2, 0) is 13.0 Å². The number of benzene rings is 3. The van der Waals surface area contributed by atoms with Crippen LogP contribution in [0.1, 0.15) is 11.1 Å². The number of aliphatic hydroxyl groups is 2. The highest BCUT2D eigenvalue weighted by Gasteiger charge is 2.15. The average Bonchev–Trinajstić information content (AvgIpc) is 2.63. The van der Waals surface area contributed by atoms with Crippen LogP contribution in [-0.4, -0.2) is 22.9 Å². The number of hydrogen-bond donors (Lipinski definition) is 2. The molecule has 3 aromatic carbocycles. The van der Waals surface area contributed by atoms with E-state index in [0.717, 1.165) is 10.9 Å². The van der Waals surface area contributed by atoms with Gasteiger partial charge in [-0.3, -0.25) is 0 Å². The molecule has 0 fully saturated rings. The summed E-state index contributed by atoms with van der Waals surface area (Å²) >= 11 is 0. The van der Waals surface area contributed by atoms with E-state index >= 15 is 0 Å². The molecule has 0 saturated carbocycles. The van der Waals surface area contributed by atoms with Crippen LogP contribution in [0.2, 0.25) is 0 Å². The van der Waals surface area contributed by atoms with Crippen LogP contribution < -0.4 is 4.74 Å². The van der Waals surface area contributed by atoms with E-state index in [9.17, 15) is 9.50 Å². The number of rotatable bonds is 6. The molecule has 0 bridgehead atoms. The van der Waals surface area contributed by atoms with Crippen LogP contribution in [0.25, 0.3) is 10.8 Å². The van der Waals surface area contributed by atoms with Crippen molar-refractivity contribution in [2.45, 2.75) is 19.1 Å². The van der Waals surface area contributed by atoms with E-state index in [-0.39, 0.29) is 6.42 Å². The highest BCUT2D eigenvalue weighted by atomic mass is 19.1. The second kappa shape index (κ2) is 7.43. The monoisotopic (exact) mass is 326 g/mol. The molecule has 0 aliphatic carbocycles. The lowest BCUT2D eigenvalue weighted by Crippen LogP contribution is -2.16. The quantitative estimate of drug-likeness (QED) is 0.729. The maximum atomic E-state index is 14.3. The molecule has 3 nitrogen and oxygen atoms in total. The van der Waals surface area contributed by atoms with E-state index in [1.54, 1.807) is 12.1 Å². The van der Waals surface area contributed by atoms with E-state index in [4.69, 9.17) is 9.84 Å². The number of aliphatic hydroxyl groups excluding tert-OH is 2. The van der Waals surface area contributed by atoms with Gasteiger partial charge in [-0.25, -0.2) is 4.39 Å². The van der Waals surface area contributed by atoms with Gasteiger partial charge in [0, 0.05) is 17.4 Å². The normalized spacial score (nSPS) is 12.3. The molecule has 1 atom stereocenters. The fraction of sp³-hybridized carbons (Fsp3) is 0.200. The van der Waals surface area contributed by atoms with E-state index in [1.807, 2.05) is 42.5 Å². The second-order valence-electron chi connectivity index (χ2n) is 5.69. The van der Waals surface area contributed by atoms with Gasteiger partial charge < -0.3 is 14.9 Å². The van der Waals surface area contributed by atoms with Gasteiger partial charge in [0.25, 0.3) is 0 Å². The fourth-order valence-corrected chi connectivity index (χ4v) is 2.75. The molecule has 24 heavy (non-hydrogen) atoms. The van der Waals surface area contributed by atoms with Crippen LogP contribution in [0, 0.1) is 5.82 Å². The van der Waals surface area contributed by atoms with Crippen LogP contribution in [0.15, 0.2) is 60.7 Å². The summed E-state index contributed by atoms with van der Waals surface area (Å²) in [5.41, 5.74) is 1.38. The Morgan fingerprint density at radius 1 is 0.958 bits per heavy atom.